The molecular weight excluding hydrogens is 295 g/mol. The van der Waals surface area contributed by atoms with Crippen molar-refractivity contribution in [3.63, 3.8) is 0 Å². The van der Waals surface area contributed by atoms with Crippen LogP contribution in [0.15, 0.2) is 5.16 Å². The van der Waals surface area contributed by atoms with Gasteiger partial charge in [0.25, 0.3) is 7.59 Å². The lowest BCUT2D eigenvalue weighted by atomic mass is 10.4. The number of carbonyl (C=O) groups excluding carboxylic acids is 1. The van der Waals surface area contributed by atoms with Gasteiger partial charge in [0, 0.05) is 11.5 Å². The Hall–Kier alpha value is -1.55. The molecule has 0 saturated carbocycles. The minimum absolute atomic E-state index is 0.0405. The second-order valence-corrected chi connectivity index (χ2v) is 5.49. The molecule has 0 amide bonds. The predicted molar refractivity (Wildman–Crippen MR) is 69.7 cm³/mol. The Morgan fingerprint density at radius 1 is 1.58 bits per heavy atom. The van der Waals surface area contributed by atoms with Crippen molar-refractivity contribution in [3.05, 3.63) is 5.82 Å². The van der Waals surface area contributed by atoms with Crippen LogP contribution >= 0.6 is 19.1 Å². The molecule has 0 radical (unpaired) electrons. The van der Waals surface area contributed by atoms with E-state index in [2.05, 4.69) is 24.3 Å². The molecule has 0 bridgehead atoms. The summed E-state index contributed by atoms with van der Waals surface area (Å²) in [4.78, 5) is 20.1. The molecule has 1 aromatic rings. The van der Waals surface area contributed by atoms with Gasteiger partial charge in [0.1, 0.15) is 6.61 Å². The Labute approximate surface area is 112 Å². The molecule has 19 heavy (non-hydrogen) atoms. The van der Waals surface area contributed by atoms with Crippen LogP contribution in [0.1, 0.15) is 12.7 Å². The predicted octanol–water partition coefficient (Wildman–Crippen LogP) is -0.111. The molecule has 0 aliphatic carbocycles. The number of nitrogens with two attached hydrogens (primary N) is 2. The van der Waals surface area contributed by atoms with Crippen LogP contribution in [-0.2, 0) is 18.9 Å². The van der Waals surface area contributed by atoms with E-state index in [0.29, 0.717) is 0 Å². The van der Waals surface area contributed by atoms with Gasteiger partial charge in [-0.15, -0.1) is 0 Å². The summed E-state index contributed by atoms with van der Waals surface area (Å²) in [5, 5.41) is 5.93. The molecule has 0 atom stereocenters. The Kier molecular flexibility index (Phi) is 5.36. The first-order valence-corrected chi connectivity index (χ1v) is 7.57. The highest BCUT2D eigenvalue weighted by Crippen LogP contribution is 2.28. The third-order valence-corrected chi connectivity index (χ3v) is 2.91. The zero-order valence-corrected chi connectivity index (χ0v) is 11.9. The van der Waals surface area contributed by atoms with Crippen LogP contribution in [0.3, 0.4) is 0 Å². The van der Waals surface area contributed by atoms with Gasteiger partial charge in [0.2, 0.25) is 16.7 Å². The van der Waals surface area contributed by atoms with Gasteiger partial charge in [-0.1, -0.05) is 5.16 Å². The highest BCUT2D eigenvalue weighted by Gasteiger charge is 2.22. The Morgan fingerprint density at radius 3 is 2.79 bits per heavy atom. The number of nitrogens with zero attached hydrogens (tertiary/aromatic N) is 3. The number of nitrogens with one attached hydrogen (secondary N) is 1. The quantitative estimate of drug-likeness (QED) is 0.282. The SMILES string of the molecule is CCON=C(C(=O)OC)c1nsc(NP(N)(N)=O)n1. The minimum atomic E-state index is -3.49. The molecule has 1 heterocycles. The maximum absolute atomic E-state index is 11.5. The van der Waals surface area contributed by atoms with Crippen LogP contribution in [0.4, 0.5) is 5.13 Å². The van der Waals surface area contributed by atoms with E-state index in [-0.39, 0.29) is 23.3 Å². The van der Waals surface area contributed by atoms with Gasteiger partial charge in [0.15, 0.2) is 0 Å². The first-order chi connectivity index (χ1) is 8.87. The van der Waals surface area contributed by atoms with E-state index in [1.807, 2.05) is 0 Å². The van der Waals surface area contributed by atoms with Crippen molar-refractivity contribution in [2.45, 2.75) is 6.92 Å². The largest absolute Gasteiger partial charge is 0.464 e. The zero-order valence-electron chi connectivity index (χ0n) is 10.2. The lowest BCUT2D eigenvalue weighted by Gasteiger charge is -2.04. The van der Waals surface area contributed by atoms with Crippen molar-refractivity contribution < 1.29 is 18.9 Å². The lowest BCUT2D eigenvalue weighted by molar-refractivity contribution is -0.132. The van der Waals surface area contributed by atoms with Crippen molar-refractivity contribution in [1.82, 2.24) is 9.36 Å². The van der Waals surface area contributed by atoms with Crippen molar-refractivity contribution in [2.24, 2.45) is 16.2 Å². The summed E-state index contributed by atoms with van der Waals surface area (Å²) in [5.41, 5.74) is 10.1. The molecule has 0 fully saturated rings. The molecule has 0 unspecified atom stereocenters. The third-order valence-electron chi connectivity index (χ3n) is 1.57. The van der Waals surface area contributed by atoms with Gasteiger partial charge in [-0.05, 0) is 6.92 Å². The van der Waals surface area contributed by atoms with Gasteiger partial charge >= 0.3 is 5.97 Å². The number of aromatic nitrogens is 2. The molecule has 0 spiro atoms. The van der Waals surface area contributed by atoms with Crippen LogP contribution in [-0.4, -0.2) is 34.8 Å². The highest BCUT2D eigenvalue weighted by atomic mass is 32.1. The molecule has 0 saturated heterocycles. The van der Waals surface area contributed by atoms with Crippen molar-refractivity contribution >= 4 is 35.9 Å². The Balaban J connectivity index is 2.98. The normalized spacial score (nSPS) is 12.1. The number of methoxy groups -OCH3 is 1. The number of ether oxygens (including phenoxy) is 1. The summed E-state index contributed by atoms with van der Waals surface area (Å²) in [6, 6.07) is 0. The van der Waals surface area contributed by atoms with E-state index >= 15 is 0 Å². The third kappa shape index (κ3) is 4.91. The number of anilines is 1. The number of hydrogen-bond acceptors (Lipinski definition) is 8. The van der Waals surface area contributed by atoms with Gasteiger partial charge in [-0.3, -0.25) is 20.7 Å². The van der Waals surface area contributed by atoms with Gasteiger partial charge in [-0.25, -0.2) is 4.79 Å². The first kappa shape index (κ1) is 15.5. The minimum Gasteiger partial charge on any atom is -0.464 e. The maximum Gasteiger partial charge on any atom is 0.364 e. The van der Waals surface area contributed by atoms with Gasteiger partial charge < -0.3 is 9.57 Å². The molecule has 0 aliphatic rings. The Morgan fingerprint density at radius 2 is 2.26 bits per heavy atom. The van der Waals surface area contributed by atoms with Crippen LogP contribution in [0, 0.1) is 0 Å². The first-order valence-electron chi connectivity index (χ1n) is 4.95. The molecule has 0 aromatic carbocycles. The Bertz CT molecular complexity index is 525. The fraction of sp³-hybridized carbons (Fsp3) is 0.429. The second-order valence-electron chi connectivity index (χ2n) is 3.09. The number of oxime groups is 1. The molecule has 10 nitrogen and oxygen atoms in total. The van der Waals surface area contributed by atoms with Gasteiger partial charge in [0.05, 0.1) is 7.11 Å². The maximum atomic E-state index is 11.5. The fourth-order valence-corrected chi connectivity index (χ4v) is 2.28. The van der Waals surface area contributed by atoms with Crippen LogP contribution in [0.25, 0.3) is 0 Å². The summed E-state index contributed by atoms with van der Waals surface area (Å²) < 4.78 is 19.5. The summed E-state index contributed by atoms with van der Waals surface area (Å²) >= 11 is 0.817. The summed E-state index contributed by atoms with van der Waals surface area (Å²) in [5.74, 6) is -0.803. The highest BCUT2D eigenvalue weighted by molar-refractivity contribution is 7.61. The topological polar surface area (TPSA) is 155 Å². The summed E-state index contributed by atoms with van der Waals surface area (Å²) in [6.07, 6.45) is 0. The molecular formula is C7H13N6O4PS. The number of esters is 1. The van der Waals surface area contributed by atoms with E-state index in [0.717, 1.165) is 11.5 Å². The van der Waals surface area contributed by atoms with Crippen LogP contribution < -0.4 is 16.1 Å². The average molecular weight is 308 g/mol. The smallest absolute Gasteiger partial charge is 0.364 e. The van der Waals surface area contributed by atoms with E-state index in [1.165, 1.54) is 7.11 Å². The van der Waals surface area contributed by atoms with Crippen molar-refractivity contribution in [3.8, 4) is 0 Å². The monoisotopic (exact) mass is 308 g/mol. The van der Waals surface area contributed by atoms with Crippen molar-refractivity contribution in [2.75, 3.05) is 18.8 Å². The number of carbonyl (C=O) groups is 1. The van der Waals surface area contributed by atoms with Crippen LogP contribution in [0.2, 0.25) is 0 Å². The van der Waals surface area contributed by atoms with E-state index in [9.17, 15) is 9.36 Å². The summed E-state index contributed by atoms with van der Waals surface area (Å²) in [7, 11) is -2.30. The molecule has 1 aromatic heterocycles. The van der Waals surface area contributed by atoms with Gasteiger partial charge in [-0.2, -0.15) is 9.36 Å². The fourth-order valence-electron chi connectivity index (χ4n) is 0.910. The van der Waals surface area contributed by atoms with E-state index in [4.69, 9.17) is 15.8 Å². The van der Waals surface area contributed by atoms with E-state index in [1.54, 1.807) is 6.92 Å². The van der Waals surface area contributed by atoms with Crippen molar-refractivity contribution in [1.29, 1.82) is 0 Å². The average Bonchev–Trinajstić information content (AvgIpc) is 2.75. The van der Waals surface area contributed by atoms with Crippen LogP contribution in [0.5, 0.6) is 0 Å². The zero-order chi connectivity index (χ0) is 14.5. The summed E-state index contributed by atoms with van der Waals surface area (Å²) in [6.45, 7) is 1.95. The lowest BCUT2D eigenvalue weighted by Crippen LogP contribution is -2.19. The van der Waals surface area contributed by atoms with E-state index < -0.39 is 13.6 Å². The number of hydrogen-bond donors (Lipinski definition) is 3. The number of rotatable bonds is 6. The molecule has 0 aliphatic heterocycles. The molecule has 106 valence electrons. The molecule has 5 N–H and O–H groups in total. The molecule has 12 heteroatoms. The molecule has 1 rings (SSSR count). The standard InChI is InChI=1S/C7H13N6O4PS/c1-3-17-11-4(6(14)16-2)5-10-7(19-13-5)12-18(8,9)15/h3H2,1-2H3,(H5,8,9,10,12,13,15). The second kappa shape index (κ2) is 6.57.